The lowest BCUT2D eigenvalue weighted by Gasteiger charge is -2.17. The molecule has 0 radical (unpaired) electrons. The summed E-state index contributed by atoms with van der Waals surface area (Å²) in [5.41, 5.74) is 1.42. The van der Waals surface area contributed by atoms with Gasteiger partial charge in [-0.25, -0.2) is 4.68 Å². The third kappa shape index (κ3) is 4.15. The lowest BCUT2D eigenvalue weighted by molar-refractivity contribution is -0.123. The molecule has 3 aromatic heterocycles. The summed E-state index contributed by atoms with van der Waals surface area (Å²) in [6.07, 6.45) is 2.05. The Hall–Kier alpha value is -3.95. The van der Waals surface area contributed by atoms with Crippen molar-refractivity contribution in [2.45, 2.75) is 19.4 Å². The number of nitrogens with one attached hydrogen (secondary N) is 1. The maximum Gasteiger partial charge on any atom is 0.249 e. The second-order valence-corrected chi connectivity index (χ2v) is 6.25. The van der Waals surface area contributed by atoms with Gasteiger partial charge in [0, 0.05) is 19.2 Å². The summed E-state index contributed by atoms with van der Waals surface area (Å²) in [6, 6.07) is 14.1. The molecule has 0 fully saturated rings. The first-order valence-corrected chi connectivity index (χ1v) is 9.03. The molecule has 1 amide bonds. The number of amides is 1. The summed E-state index contributed by atoms with van der Waals surface area (Å²) in [6.45, 7) is 2.08. The van der Waals surface area contributed by atoms with Crippen molar-refractivity contribution in [2.75, 3.05) is 6.54 Å². The van der Waals surface area contributed by atoms with Gasteiger partial charge in [0.2, 0.25) is 17.6 Å². The van der Waals surface area contributed by atoms with E-state index in [0.29, 0.717) is 36.2 Å². The highest BCUT2D eigenvalue weighted by Crippen LogP contribution is 2.18. The Labute approximate surface area is 166 Å². The van der Waals surface area contributed by atoms with Gasteiger partial charge >= 0.3 is 0 Å². The summed E-state index contributed by atoms with van der Waals surface area (Å²) >= 11 is 0. The standard InChI is InChI=1S/C19H18N8O2/c1-13-23-25-26-27(13)17(14-7-3-2-4-8-14)19(28)21-12-10-16-22-18(24-29-16)15-9-5-6-11-20-15/h2-9,11,17H,10,12H2,1H3,(H,21,28)/t17-/m1/s1. The van der Waals surface area contributed by atoms with Gasteiger partial charge < -0.3 is 9.84 Å². The predicted molar refractivity (Wildman–Crippen MR) is 101 cm³/mol. The third-order valence-electron chi connectivity index (χ3n) is 4.27. The Morgan fingerprint density at radius 3 is 2.72 bits per heavy atom. The average molecular weight is 390 g/mol. The van der Waals surface area contributed by atoms with Crippen LogP contribution in [0, 0.1) is 6.92 Å². The molecule has 3 heterocycles. The number of hydrogen-bond donors (Lipinski definition) is 1. The predicted octanol–water partition coefficient (Wildman–Crippen LogP) is 1.37. The van der Waals surface area contributed by atoms with Crippen LogP contribution < -0.4 is 5.32 Å². The van der Waals surface area contributed by atoms with Gasteiger partial charge in [0.05, 0.1) is 0 Å². The zero-order valence-corrected chi connectivity index (χ0v) is 15.6. The zero-order valence-electron chi connectivity index (χ0n) is 15.6. The van der Waals surface area contributed by atoms with Gasteiger partial charge in [0.25, 0.3) is 0 Å². The van der Waals surface area contributed by atoms with Crippen LogP contribution >= 0.6 is 0 Å². The molecule has 10 nitrogen and oxygen atoms in total. The van der Waals surface area contributed by atoms with E-state index in [-0.39, 0.29) is 5.91 Å². The van der Waals surface area contributed by atoms with Crippen molar-refractivity contribution in [1.82, 2.24) is 40.6 Å². The lowest BCUT2D eigenvalue weighted by Crippen LogP contribution is -2.35. The van der Waals surface area contributed by atoms with Gasteiger partial charge in [-0.1, -0.05) is 41.6 Å². The fourth-order valence-electron chi connectivity index (χ4n) is 2.86. The van der Waals surface area contributed by atoms with Crippen molar-refractivity contribution in [3.63, 3.8) is 0 Å². The Morgan fingerprint density at radius 2 is 2.00 bits per heavy atom. The zero-order chi connectivity index (χ0) is 20.1. The minimum Gasteiger partial charge on any atom is -0.353 e. The Balaban J connectivity index is 1.43. The SMILES string of the molecule is Cc1nnnn1[C@@H](C(=O)NCCc1nc(-c2ccccn2)no1)c1ccccc1. The van der Waals surface area contributed by atoms with E-state index in [1.54, 1.807) is 19.2 Å². The smallest absolute Gasteiger partial charge is 0.249 e. The van der Waals surface area contributed by atoms with Crippen molar-refractivity contribution in [3.8, 4) is 11.5 Å². The molecule has 1 atom stereocenters. The van der Waals surface area contributed by atoms with E-state index in [9.17, 15) is 4.79 Å². The maximum absolute atomic E-state index is 12.9. The van der Waals surface area contributed by atoms with Gasteiger partial charge in [-0.15, -0.1) is 5.10 Å². The number of aryl methyl sites for hydroxylation is 1. The van der Waals surface area contributed by atoms with E-state index >= 15 is 0 Å². The molecule has 4 aromatic rings. The molecule has 0 spiro atoms. The number of tetrazole rings is 1. The molecule has 0 saturated carbocycles. The van der Waals surface area contributed by atoms with Crippen molar-refractivity contribution < 1.29 is 9.32 Å². The summed E-state index contributed by atoms with van der Waals surface area (Å²) < 4.78 is 6.74. The van der Waals surface area contributed by atoms with E-state index < -0.39 is 6.04 Å². The Kier molecular flexibility index (Phi) is 5.32. The van der Waals surface area contributed by atoms with Crippen LogP contribution in [0.3, 0.4) is 0 Å². The molecule has 10 heteroatoms. The van der Waals surface area contributed by atoms with Crippen LogP contribution in [0.25, 0.3) is 11.5 Å². The van der Waals surface area contributed by atoms with Crippen LogP contribution in [-0.4, -0.2) is 47.8 Å². The van der Waals surface area contributed by atoms with Crippen LogP contribution in [0.4, 0.5) is 0 Å². The minimum absolute atomic E-state index is 0.226. The van der Waals surface area contributed by atoms with Crippen molar-refractivity contribution in [1.29, 1.82) is 0 Å². The van der Waals surface area contributed by atoms with Gasteiger partial charge in [0.15, 0.2) is 6.04 Å². The molecule has 0 bridgehead atoms. The molecule has 0 aliphatic rings. The quantitative estimate of drug-likeness (QED) is 0.502. The highest BCUT2D eigenvalue weighted by atomic mass is 16.5. The normalized spacial score (nSPS) is 11.9. The maximum atomic E-state index is 12.9. The van der Waals surface area contributed by atoms with Crippen LogP contribution in [0.15, 0.2) is 59.3 Å². The monoisotopic (exact) mass is 390 g/mol. The molecule has 0 saturated heterocycles. The number of pyridine rings is 1. The number of nitrogens with zero attached hydrogens (tertiary/aromatic N) is 7. The number of carbonyl (C=O) groups excluding carboxylic acids is 1. The molecule has 29 heavy (non-hydrogen) atoms. The molecule has 1 aromatic carbocycles. The Bertz CT molecular complexity index is 1080. The highest BCUT2D eigenvalue weighted by Gasteiger charge is 2.25. The molecular weight excluding hydrogens is 372 g/mol. The van der Waals surface area contributed by atoms with Gasteiger partial charge in [0.1, 0.15) is 11.5 Å². The van der Waals surface area contributed by atoms with Crippen LogP contribution in [-0.2, 0) is 11.2 Å². The van der Waals surface area contributed by atoms with E-state index in [0.717, 1.165) is 5.56 Å². The van der Waals surface area contributed by atoms with E-state index in [4.69, 9.17) is 4.52 Å². The molecule has 0 unspecified atom stereocenters. The molecule has 0 aliphatic heterocycles. The van der Waals surface area contributed by atoms with Crippen molar-refractivity contribution in [3.05, 3.63) is 72.0 Å². The number of rotatable bonds is 7. The summed E-state index contributed by atoms with van der Waals surface area (Å²) in [5, 5.41) is 18.3. The van der Waals surface area contributed by atoms with Gasteiger partial charge in [-0.3, -0.25) is 9.78 Å². The van der Waals surface area contributed by atoms with E-state index in [2.05, 4.69) is 36.0 Å². The van der Waals surface area contributed by atoms with Gasteiger partial charge in [-0.05, 0) is 35.0 Å². The summed E-state index contributed by atoms with van der Waals surface area (Å²) in [5.74, 6) is 1.15. The van der Waals surface area contributed by atoms with E-state index in [1.165, 1.54) is 4.68 Å². The molecule has 4 rings (SSSR count). The first kappa shape index (κ1) is 18.4. The number of aromatic nitrogens is 7. The van der Waals surface area contributed by atoms with E-state index in [1.807, 2.05) is 42.5 Å². The second-order valence-electron chi connectivity index (χ2n) is 6.25. The molecular formula is C19H18N8O2. The molecule has 0 aliphatic carbocycles. The lowest BCUT2D eigenvalue weighted by atomic mass is 10.1. The second kappa shape index (κ2) is 8.38. The highest BCUT2D eigenvalue weighted by molar-refractivity contribution is 5.83. The fourth-order valence-corrected chi connectivity index (χ4v) is 2.86. The number of carbonyl (C=O) groups is 1. The van der Waals surface area contributed by atoms with Crippen molar-refractivity contribution >= 4 is 5.91 Å². The van der Waals surface area contributed by atoms with Crippen LogP contribution in [0.1, 0.15) is 23.3 Å². The molecule has 146 valence electrons. The number of hydrogen-bond acceptors (Lipinski definition) is 8. The first-order chi connectivity index (χ1) is 14.2. The summed E-state index contributed by atoms with van der Waals surface area (Å²) in [4.78, 5) is 21.4. The average Bonchev–Trinajstić information content (AvgIpc) is 3.39. The topological polar surface area (TPSA) is 125 Å². The minimum atomic E-state index is -0.669. The number of benzene rings is 1. The first-order valence-electron chi connectivity index (χ1n) is 9.03. The summed E-state index contributed by atoms with van der Waals surface area (Å²) in [7, 11) is 0. The van der Waals surface area contributed by atoms with Crippen LogP contribution in [0.2, 0.25) is 0 Å². The Morgan fingerprint density at radius 1 is 1.17 bits per heavy atom. The van der Waals surface area contributed by atoms with Crippen molar-refractivity contribution in [2.24, 2.45) is 0 Å². The third-order valence-corrected chi connectivity index (χ3v) is 4.27. The van der Waals surface area contributed by atoms with Crippen LogP contribution in [0.5, 0.6) is 0 Å². The van der Waals surface area contributed by atoms with Gasteiger partial charge in [-0.2, -0.15) is 4.98 Å². The molecule has 1 N–H and O–H groups in total. The largest absolute Gasteiger partial charge is 0.353 e. The fraction of sp³-hybridized carbons (Fsp3) is 0.211.